The molecular weight excluding hydrogens is 402 g/mol. The number of aromatic nitrogens is 4. The van der Waals surface area contributed by atoms with Crippen molar-refractivity contribution in [2.24, 2.45) is 0 Å². The van der Waals surface area contributed by atoms with Gasteiger partial charge in [-0.3, -0.25) is 14.8 Å². The Labute approximate surface area is 177 Å². The largest absolute Gasteiger partial charge is 0.494 e. The first-order chi connectivity index (χ1) is 14.4. The molecule has 4 aromatic rings. The van der Waals surface area contributed by atoms with Crippen molar-refractivity contribution in [2.75, 3.05) is 11.9 Å². The Morgan fingerprint density at radius 2 is 2.10 bits per heavy atom. The number of pyridine rings is 1. The summed E-state index contributed by atoms with van der Waals surface area (Å²) in [6.45, 7) is 6.74. The Hall–Kier alpha value is -3.33. The highest BCUT2D eigenvalue weighted by atomic mass is 32.1. The zero-order chi connectivity index (χ0) is 21.3. The van der Waals surface area contributed by atoms with Crippen molar-refractivity contribution in [2.45, 2.75) is 33.3 Å². The maximum Gasteiger partial charge on any atom is 0.307 e. The van der Waals surface area contributed by atoms with Crippen LogP contribution in [0, 0.1) is 0 Å². The second-order valence-electron chi connectivity index (χ2n) is 7.17. The summed E-state index contributed by atoms with van der Waals surface area (Å²) in [6.07, 6.45) is 2.21. The van der Waals surface area contributed by atoms with Gasteiger partial charge in [-0.05, 0) is 44.5 Å². The van der Waals surface area contributed by atoms with E-state index in [1.165, 1.54) is 0 Å². The van der Waals surface area contributed by atoms with Crippen molar-refractivity contribution in [3.63, 3.8) is 0 Å². The Morgan fingerprint density at radius 1 is 1.27 bits per heavy atom. The lowest BCUT2D eigenvalue weighted by molar-refractivity contribution is 0.245. The van der Waals surface area contributed by atoms with E-state index in [1.807, 2.05) is 45.0 Å². The number of H-pyrrole nitrogens is 2. The first kappa shape index (κ1) is 20.0. The molecule has 0 atom stereocenters. The third kappa shape index (κ3) is 4.16. The van der Waals surface area contributed by atoms with Crippen LogP contribution in [0.2, 0.25) is 0 Å². The molecule has 0 radical (unpaired) electrons. The first-order valence-corrected chi connectivity index (χ1v) is 10.5. The molecule has 0 amide bonds. The fourth-order valence-electron chi connectivity index (χ4n) is 3.19. The van der Waals surface area contributed by atoms with Gasteiger partial charge in [0.1, 0.15) is 11.3 Å². The predicted octanol–water partition coefficient (Wildman–Crippen LogP) is 3.89. The fourth-order valence-corrected chi connectivity index (χ4v) is 3.94. The number of anilines is 1. The highest BCUT2D eigenvalue weighted by molar-refractivity contribution is 7.09. The number of hydrogen-bond donors (Lipinski definition) is 4. The summed E-state index contributed by atoms with van der Waals surface area (Å²) >= 11 is 1.00. The molecule has 0 fully saturated rings. The van der Waals surface area contributed by atoms with Crippen LogP contribution in [0.15, 0.2) is 35.3 Å². The van der Waals surface area contributed by atoms with Crippen molar-refractivity contribution in [1.29, 1.82) is 0 Å². The van der Waals surface area contributed by atoms with Crippen molar-refractivity contribution in [1.82, 2.24) is 19.9 Å². The van der Waals surface area contributed by atoms with Gasteiger partial charge in [0.2, 0.25) is 11.8 Å². The lowest BCUT2D eigenvalue weighted by atomic mass is 10.1. The maximum atomic E-state index is 11.4. The number of rotatable bonds is 7. The van der Waals surface area contributed by atoms with Gasteiger partial charge in [0, 0.05) is 24.7 Å². The van der Waals surface area contributed by atoms with Crippen LogP contribution < -0.4 is 14.9 Å². The smallest absolute Gasteiger partial charge is 0.307 e. The van der Waals surface area contributed by atoms with E-state index < -0.39 is 0 Å². The van der Waals surface area contributed by atoms with Crippen LogP contribution in [-0.2, 0) is 6.42 Å². The maximum absolute atomic E-state index is 11.4. The van der Waals surface area contributed by atoms with Crippen LogP contribution in [0.5, 0.6) is 11.6 Å². The number of hydrogen-bond acceptors (Lipinski definition) is 7. The summed E-state index contributed by atoms with van der Waals surface area (Å²) in [5, 5.41) is 13.0. The molecular formula is C21H23N5O3S. The van der Waals surface area contributed by atoms with Crippen LogP contribution in [0.3, 0.4) is 0 Å². The minimum absolute atomic E-state index is 0.0132. The van der Waals surface area contributed by atoms with Crippen LogP contribution >= 0.6 is 11.3 Å². The van der Waals surface area contributed by atoms with Gasteiger partial charge in [0.15, 0.2) is 0 Å². The number of ether oxygens (including phenoxy) is 1. The second kappa shape index (κ2) is 8.19. The summed E-state index contributed by atoms with van der Waals surface area (Å²) in [4.78, 5) is 26.5. The van der Waals surface area contributed by atoms with Gasteiger partial charge >= 0.3 is 4.87 Å². The molecule has 0 aliphatic carbocycles. The molecule has 4 N–H and O–H groups in total. The van der Waals surface area contributed by atoms with Crippen molar-refractivity contribution in [3.05, 3.63) is 50.6 Å². The van der Waals surface area contributed by atoms with Crippen LogP contribution in [0.1, 0.15) is 31.2 Å². The van der Waals surface area contributed by atoms with Crippen LogP contribution in [0.25, 0.3) is 22.3 Å². The number of imidazole rings is 1. The van der Waals surface area contributed by atoms with Gasteiger partial charge in [-0.1, -0.05) is 17.4 Å². The summed E-state index contributed by atoms with van der Waals surface area (Å²) in [5.41, 5.74) is 4.25. The second-order valence-corrected chi connectivity index (χ2v) is 8.24. The molecule has 0 spiro atoms. The molecule has 3 heterocycles. The third-order valence-corrected chi connectivity index (χ3v) is 5.32. The number of benzene rings is 1. The van der Waals surface area contributed by atoms with Gasteiger partial charge in [-0.2, -0.15) is 0 Å². The van der Waals surface area contributed by atoms with Gasteiger partial charge in [0.05, 0.1) is 22.2 Å². The van der Waals surface area contributed by atoms with Crippen molar-refractivity contribution >= 4 is 28.3 Å². The van der Waals surface area contributed by atoms with E-state index in [-0.39, 0.29) is 16.9 Å². The highest BCUT2D eigenvalue weighted by Crippen LogP contribution is 2.32. The molecule has 9 heteroatoms. The Morgan fingerprint density at radius 3 is 2.73 bits per heavy atom. The Kier molecular flexibility index (Phi) is 5.45. The predicted molar refractivity (Wildman–Crippen MR) is 119 cm³/mol. The molecule has 0 bridgehead atoms. The molecule has 0 saturated heterocycles. The minimum atomic E-state index is -0.269. The van der Waals surface area contributed by atoms with Crippen molar-refractivity contribution in [3.8, 4) is 22.9 Å². The van der Waals surface area contributed by atoms with Gasteiger partial charge in [-0.25, -0.2) is 4.98 Å². The molecule has 8 nitrogen and oxygen atoms in total. The molecule has 1 aromatic carbocycles. The molecule has 0 unspecified atom stereocenters. The molecule has 30 heavy (non-hydrogen) atoms. The first-order valence-electron chi connectivity index (χ1n) is 9.73. The zero-order valence-electron chi connectivity index (χ0n) is 16.9. The normalized spacial score (nSPS) is 11.3. The van der Waals surface area contributed by atoms with E-state index in [2.05, 4.69) is 25.3 Å². The third-order valence-electron chi connectivity index (χ3n) is 4.44. The average molecular weight is 426 g/mol. The molecule has 0 aliphatic rings. The molecule has 4 rings (SSSR count). The highest BCUT2D eigenvalue weighted by Gasteiger charge is 2.14. The van der Waals surface area contributed by atoms with Gasteiger partial charge in [-0.15, -0.1) is 0 Å². The van der Waals surface area contributed by atoms with E-state index in [9.17, 15) is 9.90 Å². The van der Waals surface area contributed by atoms with E-state index in [1.54, 1.807) is 6.20 Å². The van der Waals surface area contributed by atoms with Gasteiger partial charge in [0.25, 0.3) is 0 Å². The zero-order valence-corrected chi connectivity index (χ0v) is 17.8. The molecule has 0 saturated carbocycles. The number of thiazole rings is 1. The number of nitrogens with one attached hydrogen (secondary N) is 3. The van der Waals surface area contributed by atoms with Gasteiger partial charge < -0.3 is 20.1 Å². The number of aromatic hydroxyl groups is 1. The number of nitrogens with zero attached hydrogens (tertiary/aromatic N) is 2. The minimum Gasteiger partial charge on any atom is -0.494 e. The standard InChI is InChI=1S/C21H23N5O3S/c1-4-22-20-24-15-8-13(9-16(18(15)25-20)29-11(2)3)14-6-5-12(10-23-14)7-17-19(27)26-21(28)30-17/h5-6,8-11,27H,4,7H2,1-3H3,(H,26,28)(H2,22,24,25). The molecule has 0 aliphatic heterocycles. The SMILES string of the molecule is CCNc1nc2c(OC(C)C)cc(-c3ccc(Cc4sc(=O)[nH]c4O)cn3)cc2[nH]1. The average Bonchev–Trinajstić information content (AvgIpc) is 3.24. The van der Waals surface area contributed by atoms with Crippen molar-refractivity contribution < 1.29 is 9.84 Å². The summed E-state index contributed by atoms with van der Waals surface area (Å²) in [7, 11) is 0. The number of fused-ring (bicyclic) bond motifs is 1. The topological polar surface area (TPSA) is 116 Å². The summed E-state index contributed by atoms with van der Waals surface area (Å²) < 4.78 is 6.00. The van der Waals surface area contributed by atoms with E-state index in [4.69, 9.17) is 4.74 Å². The quantitative estimate of drug-likeness (QED) is 0.357. The lowest BCUT2D eigenvalue weighted by Crippen LogP contribution is -2.06. The van der Waals surface area contributed by atoms with E-state index >= 15 is 0 Å². The van der Waals surface area contributed by atoms with Crippen LogP contribution in [0.4, 0.5) is 5.95 Å². The number of aromatic amines is 2. The summed E-state index contributed by atoms with van der Waals surface area (Å²) in [5.74, 6) is 1.32. The Balaban J connectivity index is 1.67. The Bertz CT molecular complexity index is 1220. The van der Waals surface area contributed by atoms with E-state index in [0.29, 0.717) is 23.0 Å². The lowest BCUT2D eigenvalue weighted by Gasteiger charge is -2.12. The summed E-state index contributed by atoms with van der Waals surface area (Å²) in [6, 6.07) is 7.81. The van der Waals surface area contributed by atoms with E-state index in [0.717, 1.165) is 45.7 Å². The van der Waals surface area contributed by atoms with Crippen LogP contribution in [-0.4, -0.2) is 37.7 Å². The molecule has 156 valence electrons. The monoisotopic (exact) mass is 425 g/mol. The molecule has 3 aromatic heterocycles. The fraction of sp³-hybridized carbons (Fsp3) is 0.286.